The topological polar surface area (TPSA) is 148 Å². The van der Waals surface area contributed by atoms with Crippen LogP contribution in [0.1, 0.15) is 136 Å². The standard InChI is InChI=1S/C28H54NO9P/c1-3-4-5-6-7-8-9-10-11-12-14-18-21-28(32)38-26(24-37-39(33,34)35)23-36-27(31)20-17-15-13-16-19-22-29-25(2)30/h26H,3-24H2,1-2H3,(H,29,30)(H2,33,34,35)/t26-/m1/s1. The fourth-order valence-corrected chi connectivity index (χ4v) is 4.46. The highest BCUT2D eigenvalue weighted by atomic mass is 31.2. The van der Waals surface area contributed by atoms with Gasteiger partial charge in [-0.2, -0.15) is 0 Å². The average Bonchev–Trinajstić information content (AvgIpc) is 2.87. The summed E-state index contributed by atoms with van der Waals surface area (Å²) in [5.74, 6) is -1.01. The van der Waals surface area contributed by atoms with Crippen LogP contribution in [0.2, 0.25) is 0 Å². The quantitative estimate of drug-likeness (QED) is 0.0594. The largest absolute Gasteiger partial charge is 0.469 e. The minimum atomic E-state index is -4.75. The second-order valence-corrected chi connectivity index (χ2v) is 11.5. The van der Waals surface area contributed by atoms with Gasteiger partial charge >= 0.3 is 19.8 Å². The number of phosphoric acid groups is 1. The first-order valence-electron chi connectivity index (χ1n) is 14.9. The second kappa shape index (κ2) is 25.5. The van der Waals surface area contributed by atoms with Crippen molar-refractivity contribution in [2.24, 2.45) is 0 Å². The van der Waals surface area contributed by atoms with Crippen molar-refractivity contribution in [2.75, 3.05) is 19.8 Å². The third kappa shape index (κ3) is 29.3. The number of nitrogens with one attached hydrogen (secondary N) is 1. The van der Waals surface area contributed by atoms with E-state index in [-0.39, 0.29) is 25.4 Å². The van der Waals surface area contributed by atoms with Crippen LogP contribution in [-0.4, -0.2) is 53.5 Å². The van der Waals surface area contributed by atoms with Gasteiger partial charge in [-0.05, 0) is 19.3 Å². The lowest BCUT2D eigenvalue weighted by molar-refractivity contribution is -0.161. The predicted molar refractivity (Wildman–Crippen MR) is 151 cm³/mol. The Labute approximate surface area is 235 Å². The lowest BCUT2D eigenvalue weighted by Crippen LogP contribution is -2.29. The number of esters is 2. The maximum Gasteiger partial charge on any atom is 0.469 e. The molecule has 0 aliphatic rings. The molecule has 0 aliphatic carbocycles. The molecule has 0 aromatic heterocycles. The smallest absolute Gasteiger partial charge is 0.462 e. The molecule has 0 fully saturated rings. The zero-order chi connectivity index (χ0) is 29.2. The van der Waals surface area contributed by atoms with Crippen LogP contribution in [0.4, 0.5) is 0 Å². The molecule has 0 spiro atoms. The highest BCUT2D eigenvalue weighted by Gasteiger charge is 2.22. The highest BCUT2D eigenvalue weighted by Crippen LogP contribution is 2.35. The lowest BCUT2D eigenvalue weighted by Gasteiger charge is -2.18. The third-order valence-electron chi connectivity index (χ3n) is 6.32. The molecule has 1 atom stereocenters. The maximum absolute atomic E-state index is 12.2. The monoisotopic (exact) mass is 579 g/mol. The summed E-state index contributed by atoms with van der Waals surface area (Å²) in [4.78, 5) is 53.0. The zero-order valence-electron chi connectivity index (χ0n) is 24.3. The zero-order valence-corrected chi connectivity index (χ0v) is 25.2. The number of phosphoric ester groups is 1. The van der Waals surface area contributed by atoms with Gasteiger partial charge in [-0.25, -0.2) is 4.57 Å². The number of unbranched alkanes of at least 4 members (excludes halogenated alkanes) is 15. The molecule has 11 heteroatoms. The van der Waals surface area contributed by atoms with Crippen LogP contribution in [-0.2, 0) is 32.9 Å². The SMILES string of the molecule is CCCCCCCCCCCCCCC(=O)O[C@H](COC(=O)CCCCCCCNC(C)=O)COP(=O)(O)O. The number of hydrogen-bond donors (Lipinski definition) is 3. The Balaban J connectivity index is 4.04. The van der Waals surface area contributed by atoms with E-state index in [0.717, 1.165) is 44.9 Å². The number of ether oxygens (including phenoxy) is 2. The Morgan fingerprint density at radius 2 is 1.15 bits per heavy atom. The van der Waals surface area contributed by atoms with Crippen molar-refractivity contribution in [2.45, 2.75) is 142 Å². The summed E-state index contributed by atoms with van der Waals surface area (Å²) in [7, 11) is -4.75. The molecule has 0 heterocycles. The summed E-state index contributed by atoms with van der Waals surface area (Å²) >= 11 is 0. The fraction of sp³-hybridized carbons (Fsp3) is 0.893. The van der Waals surface area contributed by atoms with Crippen molar-refractivity contribution in [3.63, 3.8) is 0 Å². The summed E-state index contributed by atoms with van der Waals surface area (Å²) in [6.45, 7) is 3.47. The van der Waals surface area contributed by atoms with Gasteiger partial charge in [-0.3, -0.25) is 18.9 Å². The van der Waals surface area contributed by atoms with Gasteiger partial charge in [0, 0.05) is 26.3 Å². The molecule has 0 saturated heterocycles. The molecule has 1 amide bonds. The van der Waals surface area contributed by atoms with E-state index < -0.39 is 32.5 Å². The summed E-state index contributed by atoms with van der Waals surface area (Å²) in [5, 5.41) is 2.74. The molecule has 10 nitrogen and oxygen atoms in total. The number of carbonyl (C=O) groups excluding carboxylic acids is 3. The molecule has 0 aromatic carbocycles. The Morgan fingerprint density at radius 3 is 1.64 bits per heavy atom. The van der Waals surface area contributed by atoms with Gasteiger partial charge in [-0.1, -0.05) is 96.8 Å². The second-order valence-electron chi connectivity index (χ2n) is 10.2. The van der Waals surface area contributed by atoms with E-state index in [1.165, 1.54) is 58.3 Å². The molecule has 39 heavy (non-hydrogen) atoms. The van der Waals surface area contributed by atoms with E-state index in [9.17, 15) is 18.9 Å². The van der Waals surface area contributed by atoms with Gasteiger partial charge in [0.2, 0.25) is 5.91 Å². The minimum absolute atomic E-state index is 0.0442. The van der Waals surface area contributed by atoms with Crippen molar-refractivity contribution >= 4 is 25.7 Å². The molecular formula is C28H54NO9P. The van der Waals surface area contributed by atoms with Crippen LogP contribution in [0, 0.1) is 0 Å². The van der Waals surface area contributed by atoms with Crippen molar-refractivity contribution < 1.29 is 42.7 Å². The predicted octanol–water partition coefficient (Wildman–Crippen LogP) is 6.12. The first-order chi connectivity index (χ1) is 18.6. The summed E-state index contributed by atoms with van der Waals surface area (Å²) in [6.07, 6.45) is 17.7. The van der Waals surface area contributed by atoms with Crippen LogP contribution in [0.5, 0.6) is 0 Å². The van der Waals surface area contributed by atoms with Crippen LogP contribution in [0.25, 0.3) is 0 Å². The Hall–Kier alpha value is -1.48. The van der Waals surface area contributed by atoms with Crippen molar-refractivity contribution in [1.29, 1.82) is 0 Å². The van der Waals surface area contributed by atoms with E-state index >= 15 is 0 Å². The van der Waals surface area contributed by atoms with E-state index in [0.29, 0.717) is 19.4 Å². The van der Waals surface area contributed by atoms with Crippen molar-refractivity contribution in [1.82, 2.24) is 5.32 Å². The first kappa shape index (κ1) is 37.5. The van der Waals surface area contributed by atoms with Crippen LogP contribution in [0.15, 0.2) is 0 Å². The third-order valence-corrected chi connectivity index (χ3v) is 6.81. The number of hydrogen-bond acceptors (Lipinski definition) is 7. The number of rotatable bonds is 27. The molecular weight excluding hydrogens is 525 g/mol. The van der Waals surface area contributed by atoms with Crippen LogP contribution < -0.4 is 5.32 Å². The van der Waals surface area contributed by atoms with Gasteiger partial charge in [0.05, 0.1) is 6.61 Å². The normalized spacial score (nSPS) is 12.2. The fourth-order valence-electron chi connectivity index (χ4n) is 4.10. The van der Waals surface area contributed by atoms with Crippen molar-refractivity contribution in [3.05, 3.63) is 0 Å². The highest BCUT2D eigenvalue weighted by molar-refractivity contribution is 7.46. The molecule has 0 saturated carbocycles. The Morgan fingerprint density at radius 1 is 0.692 bits per heavy atom. The molecule has 0 radical (unpaired) electrons. The lowest BCUT2D eigenvalue weighted by atomic mass is 10.0. The average molecular weight is 580 g/mol. The molecule has 3 N–H and O–H groups in total. The van der Waals surface area contributed by atoms with Gasteiger partial charge < -0.3 is 24.6 Å². The van der Waals surface area contributed by atoms with E-state index in [2.05, 4.69) is 16.8 Å². The summed E-state index contributed by atoms with van der Waals surface area (Å²) < 4.78 is 26.0. The van der Waals surface area contributed by atoms with Gasteiger partial charge in [0.15, 0.2) is 6.10 Å². The Bertz CT molecular complexity index is 684. The summed E-state index contributed by atoms with van der Waals surface area (Å²) in [6, 6.07) is 0. The molecule has 0 aliphatic heterocycles. The molecule has 0 aromatic rings. The van der Waals surface area contributed by atoms with Gasteiger partial charge in [0.1, 0.15) is 6.61 Å². The minimum Gasteiger partial charge on any atom is -0.462 e. The first-order valence-corrected chi connectivity index (χ1v) is 16.5. The number of carbonyl (C=O) groups is 3. The maximum atomic E-state index is 12.2. The van der Waals surface area contributed by atoms with Gasteiger partial charge in [0.25, 0.3) is 0 Å². The van der Waals surface area contributed by atoms with Gasteiger partial charge in [-0.15, -0.1) is 0 Å². The molecule has 0 rings (SSSR count). The molecule has 230 valence electrons. The van der Waals surface area contributed by atoms with Crippen molar-refractivity contribution in [3.8, 4) is 0 Å². The molecule has 0 unspecified atom stereocenters. The Kier molecular flexibility index (Phi) is 24.5. The van der Waals surface area contributed by atoms with E-state index in [1.807, 2.05) is 0 Å². The van der Waals surface area contributed by atoms with Crippen LogP contribution in [0.3, 0.4) is 0 Å². The summed E-state index contributed by atoms with van der Waals surface area (Å²) in [5.41, 5.74) is 0. The number of amides is 1. The van der Waals surface area contributed by atoms with E-state index in [1.54, 1.807) is 0 Å². The van der Waals surface area contributed by atoms with Crippen LogP contribution >= 0.6 is 7.82 Å². The van der Waals surface area contributed by atoms with E-state index in [4.69, 9.17) is 19.3 Å². The molecule has 0 bridgehead atoms.